The monoisotopic (exact) mass is 456 g/mol. The van der Waals surface area contributed by atoms with Gasteiger partial charge < -0.3 is 15.3 Å². The number of hydrogen-bond donors (Lipinski definition) is 2. The van der Waals surface area contributed by atoms with Gasteiger partial charge in [-0.2, -0.15) is 5.26 Å². The number of thiophene rings is 1. The van der Waals surface area contributed by atoms with Crippen LogP contribution in [0.5, 0.6) is 0 Å². The molecule has 3 heterocycles. The van der Waals surface area contributed by atoms with Crippen LogP contribution in [0, 0.1) is 11.3 Å². The molecule has 5 rings (SSSR count). The highest BCUT2D eigenvalue weighted by atomic mass is 32.1. The Kier molecular flexibility index (Phi) is 5.42. The first kappa shape index (κ1) is 20.9. The van der Waals surface area contributed by atoms with Crippen molar-refractivity contribution in [2.45, 2.75) is 12.5 Å². The number of carbonyl (C=O) groups excluding carboxylic acids is 1. The Balaban J connectivity index is 1.73. The quantitative estimate of drug-likeness (QED) is 0.486. The fourth-order valence-corrected chi connectivity index (χ4v) is 5.31. The first-order valence-corrected chi connectivity index (χ1v) is 11.4. The van der Waals surface area contributed by atoms with Crippen molar-refractivity contribution < 1.29 is 9.90 Å². The molecule has 7 nitrogen and oxygen atoms in total. The molecule has 2 N–H and O–H groups in total. The summed E-state index contributed by atoms with van der Waals surface area (Å²) >= 11 is 1.23. The predicted molar refractivity (Wildman–Crippen MR) is 128 cm³/mol. The van der Waals surface area contributed by atoms with Gasteiger partial charge in [0.2, 0.25) is 0 Å². The summed E-state index contributed by atoms with van der Waals surface area (Å²) in [7, 11) is 0. The lowest BCUT2D eigenvalue weighted by Crippen LogP contribution is -2.29. The van der Waals surface area contributed by atoms with Crippen LogP contribution in [-0.4, -0.2) is 39.7 Å². The van der Waals surface area contributed by atoms with Gasteiger partial charge in [-0.3, -0.25) is 14.2 Å². The number of aliphatic hydroxyl groups is 1. The summed E-state index contributed by atoms with van der Waals surface area (Å²) in [5.74, 6) is -0.211. The highest BCUT2D eigenvalue weighted by Crippen LogP contribution is 2.39. The van der Waals surface area contributed by atoms with Gasteiger partial charge >= 0.3 is 0 Å². The highest BCUT2D eigenvalue weighted by molar-refractivity contribution is 7.21. The third-order valence-corrected chi connectivity index (χ3v) is 6.89. The van der Waals surface area contributed by atoms with Crippen molar-refractivity contribution in [2.75, 3.05) is 18.4 Å². The van der Waals surface area contributed by atoms with Gasteiger partial charge in [-0.05, 0) is 36.8 Å². The van der Waals surface area contributed by atoms with Crippen LogP contribution in [0.4, 0.5) is 11.4 Å². The topological polar surface area (TPSA) is 98.4 Å². The minimum atomic E-state index is -0.540. The van der Waals surface area contributed by atoms with E-state index in [9.17, 15) is 20.0 Å². The van der Waals surface area contributed by atoms with Crippen LogP contribution < -0.4 is 10.9 Å². The lowest BCUT2D eigenvalue weighted by molar-refractivity contribution is 0.0770. The van der Waals surface area contributed by atoms with E-state index in [1.165, 1.54) is 17.4 Å². The van der Waals surface area contributed by atoms with E-state index in [4.69, 9.17) is 0 Å². The van der Waals surface area contributed by atoms with Gasteiger partial charge in [0.05, 0.1) is 28.7 Å². The van der Waals surface area contributed by atoms with Crippen molar-refractivity contribution in [3.63, 3.8) is 0 Å². The molecule has 1 amide bonds. The fraction of sp³-hybridized carbons (Fsp3) is 0.160. The van der Waals surface area contributed by atoms with Crippen molar-refractivity contribution in [3.05, 3.63) is 87.5 Å². The summed E-state index contributed by atoms with van der Waals surface area (Å²) in [6.45, 7) is 0.737. The van der Waals surface area contributed by atoms with Crippen LogP contribution in [0.3, 0.4) is 0 Å². The number of anilines is 2. The van der Waals surface area contributed by atoms with E-state index in [2.05, 4.69) is 11.4 Å². The van der Waals surface area contributed by atoms with E-state index < -0.39 is 6.10 Å². The molecule has 2 aromatic carbocycles. The molecule has 0 radical (unpaired) electrons. The summed E-state index contributed by atoms with van der Waals surface area (Å²) < 4.78 is 1.59. The number of carbonyl (C=O) groups is 1. The number of aromatic nitrogens is 1. The van der Waals surface area contributed by atoms with Crippen LogP contribution >= 0.6 is 11.3 Å². The molecule has 1 saturated heterocycles. The molecule has 1 aliphatic rings. The third kappa shape index (κ3) is 3.78. The second-order valence-corrected chi connectivity index (χ2v) is 8.84. The number of amides is 1. The number of nitriles is 1. The highest BCUT2D eigenvalue weighted by Gasteiger charge is 2.30. The molecule has 0 spiro atoms. The maximum atomic E-state index is 13.5. The number of benzene rings is 2. The molecule has 1 atom stereocenters. The van der Waals surface area contributed by atoms with E-state index in [0.29, 0.717) is 50.7 Å². The normalized spacial score (nSPS) is 15.5. The lowest BCUT2D eigenvalue weighted by atomic mass is 10.1. The minimum Gasteiger partial charge on any atom is -0.391 e. The maximum absolute atomic E-state index is 13.5. The molecular formula is C25H20N4O3S. The smallest absolute Gasteiger partial charge is 0.266 e. The Hall–Kier alpha value is -3.93. The van der Waals surface area contributed by atoms with Crippen LogP contribution in [0.15, 0.2) is 71.5 Å². The van der Waals surface area contributed by atoms with Gasteiger partial charge in [0.1, 0.15) is 15.8 Å². The lowest BCUT2D eigenvalue weighted by Gasteiger charge is -2.16. The molecule has 0 saturated carbocycles. The summed E-state index contributed by atoms with van der Waals surface area (Å²) in [4.78, 5) is 29.0. The second kappa shape index (κ2) is 8.54. The number of nitrogens with one attached hydrogen (secondary N) is 1. The number of pyridine rings is 1. The van der Waals surface area contributed by atoms with Crippen LogP contribution in [0.1, 0.15) is 21.7 Å². The van der Waals surface area contributed by atoms with Crippen molar-refractivity contribution in [2.24, 2.45) is 0 Å². The van der Waals surface area contributed by atoms with E-state index in [0.717, 1.165) is 0 Å². The molecule has 4 aromatic rings. The molecular weight excluding hydrogens is 436 g/mol. The zero-order chi connectivity index (χ0) is 22.9. The predicted octanol–water partition coefficient (Wildman–Crippen LogP) is 3.87. The number of aliphatic hydroxyl groups excluding tert-OH is 1. The number of hydrogen-bond acceptors (Lipinski definition) is 6. The van der Waals surface area contributed by atoms with Gasteiger partial charge in [-0.1, -0.05) is 30.3 Å². The SMILES string of the molecule is N#Cc1ccccc1Nc1c(C(=O)N2CC[C@@H](O)C2)sc2c1ccc(=O)n2-c1ccccc1. The number of para-hydroxylation sites is 2. The fourth-order valence-electron chi connectivity index (χ4n) is 4.07. The molecule has 8 heteroatoms. The maximum Gasteiger partial charge on any atom is 0.266 e. The first-order valence-electron chi connectivity index (χ1n) is 10.5. The van der Waals surface area contributed by atoms with Gasteiger partial charge in [0, 0.05) is 24.5 Å². The number of β-amino-alcohol motifs (C(OH)–C–C–N with tert-alkyl or cyclic N) is 1. The summed E-state index contributed by atoms with van der Waals surface area (Å²) in [6, 6.07) is 21.7. The Morgan fingerprint density at radius 3 is 2.58 bits per heavy atom. The van der Waals surface area contributed by atoms with Crippen molar-refractivity contribution in [3.8, 4) is 11.8 Å². The van der Waals surface area contributed by atoms with Crippen molar-refractivity contribution in [1.82, 2.24) is 9.47 Å². The summed E-state index contributed by atoms with van der Waals surface area (Å²) in [5.41, 5.74) is 2.08. The Bertz CT molecular complexity index is 1450. The number of rotatable bonds is 4. The average molecular weight is 457 g/mol. The average Bonchev–Trinajstić information content (AvgIpc) is 3.43. The molecule has 0 aliphatic carbocycles. The molecule has 33 heavy (non-hydrogen) atoms. The van der Waals surface area contributed by atoms with Crippen LogP contribution in [0.2, 0.25) is 0 Å². The van der Waals surface area contributed by atoms with E-state index in [1.54, 1.807) is 33.7 Å². The van der Waals surface area contributed by atoms with E-state index >= 15 is 0 Å². The molecule has 164 valence electrons. The Labute approximate surface area is 193 Å². The van der Waals surface area contributed by atoms with E-state index in [-0.39, 0.29) is 18.0 Å². The van der Waals surface area contributed by atoms with Crippen molar-refractivity contribution in [1.29, 1.82) is 5.26 Å². The largest absolute Gasteiger partial charge is 0.391 e. The third-order valence-electron chi connectivity index (χ3n) is 5.71. The van der Waals surface area contributed by atoms with Gasteiger partial charge in [0.25, 0.3) is 11.5 Å². The zero-order valence-corrected chi connectivity index (χ0v) is 18.4. The number of likely N-dealkylation sites (tertiary alicyclic amines) is 1. The van der Waals surface area contributed by atoms with E-state index in [1.807, 2.05) is 36.4 Å². The van der Waals surface area contributed by atoms with Crippen molar-refractivity contribution >= 4 is 38.8 Å². The zero-order valence-electron chi connectivity index (χ0n) is 17.6. The Morgan fingerprint density at radius 1 is 1.09 bits per heavy atom. The summed E-state index contributed by atoms with van der Waals surface area (Å²) in [5, 5.41) is 23.5. The minimum absolute atomic E-state index is 0.200. The first-order chi connectivity index (χ1) is 16.1. The summed E-state index contributed by atoms with van der Waals surface area (Å²) in [6.07, 6.45) is -0.00711. The molecule has 1 fully saturated rings. The Morgan fingerprint density at radius 2 is 1.85 bits per heavy atom. The molecule has 0 bridgehead atoms. The van der Waals surface area contributed by atoms with Gasteiger partial charge in [-0.15, -0.1) is 11.3 Å². The molecule has 0 unspecified atom stereocenters. The molecule has 1 aliphatic heterocycles. The standard InChI is InChI=1S/C25H20N4O3S/c26-14-16-6-4-5-9-20(16)27-22-19-10-11-21(31)29(17-7-2-1-3-8-17)25(19)33-23(22)24(32)28-13-12-18(30)15-28/h1-11,18,27,30H,12-13,15H2/t18-/m1/s1. The second-order valence-electron chi connectivity index (χ2n) is 7.84. The number of nitrogens with zero attached hydrogens (tertiary/aromatic N) is 3. The van der Waals surface area contributed by atoms with Gasteiger partial charge in [-0.25, -0.2) is 0 Å². The van der Waals surface area contributed by atoms with Gasteiger partial charge in [0.15, 0.2) is 0 Å². The number of fused-ring (bicyclic) bond motifs is 1. The van der Waals surface area contributed by atoms with Crippen LogP contribution in [0.25, 0.3) is 15.9 Å². The van der Waals surface area contributed by atoms with Crippen LogP contribution in [-0.2, 0) is 0 Å². The molecule has 2 aromatic heterocycles.